The molecule has 1 aromatic carbocycles. The van der Waals surface area contributed by atoms with E-state index in [4.69, 9.17) is 4.74 Å². The van der Waals surface area contributed by atoms with E-state index >= 15 is 0 Å². The maximum absolute atomic E-state index is 11.2. The highest BCUT2D eigenvalue weighted by molar-refractivity contribution is 5.79. The number of benzene rings is 1. The summed E-state index contributed by atoms with van der Waals surface area (Å²) in [5, 5.41) is 0. The van der Waals surface area contributed by atoms with Crippen LogP contribution in [0.3, 0.4) is 0 Å². The molecule has 0 saturated carbocycles. The Morgan fingerprint density at radius 1 is 1.20 bits per heavy atom. The maximum atomic E-state index is 11.2. The molecule has 1 fully saturated rings. The number of rotatable bonds is 4. The van der Waals surface area contributed by atoms with Gasteiger partial charge in [-0.05, 0) is 23.1 Å². The fraction of sp³-hybridized carbons (Fsp3) is 0.588. The Kier molecular flexibility index (Phi) is 4.81. The zero-order valence-corrected chi connectivity index (χ0v) is 12.8. The van der Waals surface area contributed by atoms with Gasteiger partial charge in [-0.25, -0.2) is 0 Å². The minimum Gasteiger partial charge on any atom is -0.492 e. The Labute approximate surface area is 121 Å². The van der Waals surface area contributed by atoms with Crippen LogP contribution in [0.2, 0.25) is 0 Å². The summed E-state index contributed by atoms with van der Waals surface area (Å²) in [6.45, 7) is 9.95. The molecule has 3 heteroatoms. The third kappa shape index (κ3) is 4.34. The van der Waals surface area contributed by atoms with Crippen LogP contribution >= 0.6 is 0 Å². The van der Waals surface area contributed by atoms with Gasteiger partial charge in [-0.15, -0.1) is 0 Å². The zero-order valence-electron chi connectivity index (χ0n) is 12.8. The van der Waals surface area contributed by atoms with Gasteiger partial charge in [0.05, 0.1) is 0 Å². The van der Waals surface area contributed by atoms with Crippen molar-refractivity contribution in [2.45, 2.75) is 39.0 Å². The van der Waals surface area contributed by atoms with E-state index in [9.17, 15) is 4.79 Å². The average Bonchev–Trinajstić information content (AvgIpc) is 2.40. The second kappa shape index (κ2) is 6.40. The number of hydrogen-bond acceptors (Lipinski definition) is 3. The van der Waals surface area contributed by atoms with Crippen molar-refractivity contribution >= 4 is 5.78 Å². The number of ketones is 1. The number of likely N-dealkylation sites (tertiary alicyclic amines) is 1. The number of ether oxygens (including phenoxy) is 1. The zero-order chi connectivity index (χ0) is 14.6. The summed E-state index contributed by atoms with van der Waals surface area (Å²) >= 11 is 0. The normalized spacial score (nSPS) is 17.2. The van der Waals surface area contributed by atoms with E-state index in [1.807, 2.05) is 6.07 Å². The fourth-order valence-corrected chi connectivity index (χ4v) is 2.37. The first-order chi connectivity index (χ1) is 9.45. The molecule has 0 atom stereocenters. The first kappa shape index (κ1) is 15.0. The smallest absolute Gasteiger partial charge is 0.135 e. The molecule has 0 aromatic heterocycles. The molecule has 0 radical (unpaired) electrons. The number of carbonyl (C=O) groups excluding carboxylic acids is 1. The SMILES string of the molecule is CC(C)(C)c1cccc(OCCN2CCC(=O)CC2)c1. The lowest BCUT2D eigenvalue weighted by Crippen LogP contribution is -2.36. The number of Topliss-reactive ketones (excluding diaryl/α,β-unsaturated/α-hetero) is 1. The van der Waals surface area contributed by atoms with E-state index in [1.54, 1.807) is 0 Å². The molecule has 20 heavy (non-hydrogen) atoms. The van der Waals surface area contributed by atoms with Gasteiger partial charge in [0, 0.05) is 32.5 Å². The predicted octanol–water partition coefficient (Wildman–Crippen LogP) is 3.03. The quantitative estimate of drug-likeness (QED) is 0.846. The minimum absolute atomic E-state index is 0.145. The summed E-state index contributed by atoms with van der Waals surface area (Å²) in [6, 6.07) is 8.33. The number of hydrogen-bond donors (Lipinski definition) is 0. The van der Waals surface area contributed by atoms with Crippen LogP contribution in [0, 0.1) is 0 Å². The van der Waals surface area contributed by atoms with E-state index in [0.717, 1.165) is 25.4 Å². The van der Waals surface area contributed by atoms with Crippen molar-refractivity contribution in [1.82, 2.24) is 4.90 Å². The van der Waals surface area contributed by atoms with Crippen molar-refractivity contribution in [2.75, 3.05) is 26.2 Å². The summed E-state index contributed by atoms with van der Waals surface area (Å²) < 4.78 is 5.84. The molecule has 1 aliphatic heterocycles. The molecule has 1 saturated heterocycles. The average molecular weight is 275 g/mol. The Morgan fingerprint density at radius 2 is 1.90 bits per heavy atom. The van der Waals surface area contributed by atoms with Crippen LogP contribution in [-0.2, 0) is 10.2 Å². The maximum Gasteiger partial charge on any atom is 0.135 e. The molecule has 0 aliphatic carbocycles. The van der Waals surface area contributed by atoms with Crippen LogP contribution in [0.5, 0.6) is 5.75 Å². The van der Waals surface area contributed by atoms with Crippen molar-refractivity contribution in [1.29, 1.82) is 0 Å². The first-order valence-corrected chi connectivity index (χ1v) is 7.42. The van der Waals surface area contributed by atoms with Crippen LogP contribution in [0.1, 0.15) is 39.2 Å². The van der Waals surface area contributed by atoms with Crippen LogP contribution in [0.25, 0.3) is 0 Å². The summed E-state index contributed by atoms with van der Waals surface area (Å²) in [5.74, 6) is 1.32. The Hall–Kier alpha value is -1.35. The first-order valence-electron chi connectivity index (χ1n) is 7.42. The van der Waals surface area contributed by atoms with Gasteiger partial charge in [-0.3, -0.25) is 9.69 Å². The third-order valence-corrected chi connectivity index (χ3v) is 3.79. The van der Waals surface area contributed by atoms with Gasteiger partial charge in [0.1, 0.15) is 18.1 Å². The van der Waals surface area contributed by atoms with Gasteiger partial charge < -0.3 is 4.74 Å². The predicted molar refractivity (Wildman–Crippen MR) is 81.3 cm³/mol. The third-order valence-electron chi connectivity index (χ3n) is 3.79. The molecule has 0 amide bonds. The number of piperidine rings is 1. The van der Waals surface area contributed by atoms with Gasteiger partial charge >= 0.3 is 0 Å². The molecule has 0 spiro atoms. The highest BCUT2D eigenvalue weighted by atomic mass is 16.5. The molecule has 1 heterocycles. The minimum atomic E-state index is 0.145. The molecule has 0 N–H and O–H groups in total. The molecular weight excluding hydrogens is 250 g/mol. The summed E-state index contributed by atoms with van der Waals surface area (Å²) in [4.78, 5) is 13.5. The van der Waals surface area contributed by atoms with E-state index in [1.165, 1.54) is 5.56 Å². The van der Waals surface area contributed by atoms with Crippen LogP contribution in [0.15, 0.2) is 24.3 Å². The fourth-order valence-electron chi connectivity index (χ4n) is 2.37. The van der Waals surface area contributed by atoms with Crippen molar-refractivity contribution in [3.63, 3.8) is 0 Å². The lowest BCUT2D eigenvalue weighted by molar-refractivity contribution is -0.121. The molecule has 1 aromatic rings. The van der Waals surface area contributed by atoms with Crippen LogP contribution in [0.4, 0.5) is 0 Å². The molecule has 3 nitrogen and oxygen atoms in total. The van der Waals surface area contributed by atoms with Crippen molar-refractivity contribution < 1.29 is 9.53 Å². The second-order valence-electron chi connectivity index (χ2n) is 6.51. The Morgan fingerprint density at radius 3 is 2.55 bits per heavy atom. The van der Waals surface area contributed by atoms with Crippen molar-refractivity contribution in [3.8, 4) is 5.75 Å². The highest BCUT2D eigenvalue weighted by Crippen LogP contribution is 2.25. The van der Waals surface area contributed by atoms with E-state index in [2.05, 4.69) is 43.9 Å². The van der Waals surface area contributed by atoms with E-state index < -0.39 is 0 Å². The standard InChI is InChI=1S/C17H25NO2/c1-17(2,3)14-5-4-6-16(13-14)20-12-11-18-9-7-15(19)8-10-18/h4-6,13H,7-12H2,1-3H3. The van der Waals surface area contributed by atoms with Crippen LogP contribution < -0.4 is 4.74 Å². The van der Waals surface area contributed by atoms with E-state index in [0.29, 0.717) is 25.2 Å². The van der Waals surface area contributed by atoms with Crippen LogP contribution in [-0.4, -0.2) is 36.9 Å². The monoisotopic (exact) mass is 275 g/mol. The lowest BCUT2D eigenvalue weighted by Gasteiger charge is -2.25. The number of nitrogens with zero attached hydrogens (tertiary/aromatic N) is 1. The Bertz CT molecular complexity index is 452. The molecule has 0 bridgehead atoms. The van der Waals surface area contributed by atoms with Gasteiger partial charge in [0.2, 0.25) is 0 Å². The molecule has 1 aliphatic rings. The number of carbonyl (C=O) groups is 1. The molecule has 0 unspecified atom stereocenters. The summed E-state index contributed by atoms with van der Waals surface area (Å²) in [7, 11) is 0. The van der Waals surface area contributed by atoms with Gasteiger partial charge in [-0.1, -0.05) is 32.9 Å². The summed E-state index contributed by atoms with van der Waals surface area (Å²) in [5.41, 5.74) is 1.44. The molecule has 2 rings (SSSR count). The van der Waals surface area contributed by atoms with Gasteiger partial charge in [-0.2, -0.15) is 0 Å². The highest BCUT2D eigenvalue weighted by Gasteiger charge is 2.16. The van der Waals surface area contributed by atoms with Gasteiger partial charge in [0.15, 0.2) is 0 Å². The van der Waals surface area contributed by atoms with Crippen molar-refractivity contribution in [3.05, 3.63) is 29.8 Å². The van der Waals surface area contributed by atoms with Gasteiger partial charge in [0.25, 0.3) is 0 Å². The lowest BCUT2D eigenvalue weighted by atomic mass is 9.87. The largest absolute Gasteiger partial charge is 0.492 e. The molecular formula is C17H25NO2. The Balaban J connectivity index is 1.81. The topological polar surface area (TPSA) is 29.5 Å². The molecule has 110 valence electrons. The van der Waals surface area contributed by atoms with Crippen molar-refractivity contribution in [2.24, 2.45) is 0 Å². The second-order valence-corrected chi connectivity index (χ2v) is 6.51. The van der Waals surface area contributed by atoms with E-state index in [-0.39, 0.29) is 5.41 Å². The summed E-state index contributed by atoms with van der Waals surface area (Å²) in [6.07, 6.45) is 1.39.